The van der Waals surface area contributed by atoms with Crippen LogP contribution in [0, 0.1) is 12.8 Å². The van der Waals surface area contributed by atoms with Crippen molar-refractivity contribution in [3.63, 3.8) is 0 Å². The average molecular weight is 384 g/mol. The second kappa shape index (κ2) is 8.08. The molecule has 0 radical (unpaired) electrons. The molecular formula is C24H30ClNO. The standard InChI is InChI=1S/C24H29NO.ClH/c1-4-17(16-10-6-5-7-11-16)20-14-15(2)21-18-12-8-9-13-19(18)23(25-3)22(21)24(20)26;/h4-7,10-11,14,17-19,23,25-26H,1,8-9,12-13H2,2-3H3;1H. The third-order valence-electron chi connectivity index (χ3n) is 6.59. The first kappa shape index (κ1) is 20.0. The van der Waals surface area contributed by atoms with Crippen LogP contribution in [0.15, 0.2) is 49.1 Å². The smallest absolute Gasteiger partial charge is 0.124 e. The van der Waals surface area contributed by atoms with Gasteiger partial charge in [0.05, 0.1) is 0 Å². The van der Waals surface area contributed by atoms with Crippen LogP contribution in [0.25, 0.3) is 0 Å². The number of hydrogen-bond donors (Lipinski definition) is 2. The van der Waals surface area contributed by atoms with Gasteiger partial charge >= 0.3 is 0 Å². The van der Waals surface area contributed by atoms with E-state index in [-0.39, 0.29) is 24.4 Å². The van der Waals surface area contributed by atoms with Gasteiger partial charge in [-0.05, 0) is 55.3 Å². The molecule has 27 heavy (non-hydrogen) atoms. The van der Waals surface area contributed by atoms with Gasteiger partial charge in [0.25, 0.3) is 0 Å². The normalized spacial score (nSPS) is 24.4. The lowest BCUT2D eigenvalue weighted by atomic mass is 9.77. The van der Waals surface area contributed by atoms with E-state index < -0.39 is 0 Å². The number of phenols is 1. The molecule has 0 spiro atoms. The van der Waals surface area contributed by atoms with Crippen LogP contribution in [0.5, 0.6) is 5.75 Å². The summed E-state index contributed by atoms with van der Waals surface area (Å²) in [6.45, 7) is 6.28. The van der Waals surface area contributed by atoms with Crippen molar-refractivity contribution in [1.29, 1.82) is 0 Å². The molecule has 3 heteroatoms. The van der Waals surface area contributed by atoms with E-state index in [1.54, 1.807) is 0 Å². The number of aryl methyl sites for hydroxylation is 1. The molecule has 1 fully saturated rings. The van der Waals surface area contributed by atoms with E-state index in [9.17, 15) is 5.11 Å². The van der Waals surface area contributed by atoms with E-state index in [1.807, 2.05) is 31.3 Å². The summed E-state index contributed by atoms with van der Waals surface area (Å²) in [6.07, 6.45) is 7.06. The largest absolute Gasteiger partial charge is 0.507 e. The lowest BCUT2D eigenvalue weighted by Gasteiger charge is -2.29. The Morgan fingerprint density at radius 1 is 1.15 bits per heavy atom. The summed E-state index contributed by atoms with van der Waals surface area (Å²) >= 11 is 0. The molecule has 2 nitrogen and oxygen atoms in total. The molecule has 2 aromatic rings. The van der Waals surface area contributed by atoms with Gasteiger partial charge in [0, 0.05) is 23.1 Å². The SMILES string of the molecule is C=CC(c1ccccc1)c1cc(C)c2c(c1O)C(NC)C1CCCCC21.Cl. The third-order valence-corrected chi connectivity index (χ3v) is 6.59. The van der Waals surface area contributed by atoms with E-state index in [1.165, 1.54) is 42.4 Å². The maximum atomic E-state index is 11.4. The number of allylic oxidation sites excluding steroid dienone is 1. The maximum Gasteiger partial charge on any atom is 0.124 e. The lowest BCUT2D eigenvalue weighted by Crippen LogP contribution is -2.25. The van der Waals surface area contributed by atoms with Gasteiger partial charge in [-0.25, -0.2) is 0 Å². The van der Waals surface area contributed by atoms with Crippen molar-refractivity contribution >= 4 is 12.4 Å². The lowest BCUT2D eigenvalue weighted by molar-refractivity contribution is 0.269. The Bertz CT molecular complexity index is 817. The molecule has 4 unspecified atom stereocenters. The summed E-state index contributed by atoms with van der Waals surface area (Å²) in [4.78, 5) is 0. The maximum absolute atomic E-state index is 11.4. The minimum atomic E-state index is 0. The molecule has 0 heterocycles. The fraction of sp³-hybridized carbons (Fsp3) is 0.417. The van der Waals surface area contributed by atoms with Gasteiger partial charge in [0.15, 0.2) is 0 Å². The van der Waals surface area contributed by atoms with E-state index in [4.69, 9.17) is 0 Å². The molecule has 1 saturated carbocycles. The first-order chi connectivity index (χ1) is 12.7. The van der Waals surface area contributed by atoms with Gasteiger partial charge < -0.3 is 10.4 Å². The molecule has 4 atom stereocenters. The topological polar surface area (TPSA) is 32.3 Å². The fourth-order valence-corrected chi connectivity index (χ4v) is 5.51. The number of fused-ring (bicyclic) bond motifs is 3. The Hall–Kier alpha value is -1.77. The summed E-state index contributed by atoms with van der Waals surface area (Å²) in [5.74, 6) is 1.70. The van der Waals surface area contributed by atoms with Crippen molar-refractivity contribution in [3.8, 4) is 5.75 Å². The third kappa shape index (κ3) is 3.19. The highest BCUT2D eigenvalue weighted by atomic mass is 35.5. The summed E-state index contributed by atoms with van der Waals surface area (Å²) < 4.78 is 0. The molecule has 4 rings (SSSR count). The molecule has 0 saturated heterocycles. The summed E-state index contributed by atoms with van der Waals surface area (Å²) in [6, 6.07) is 12.8. The Labute approximate surface area is 169 Å². The first-order valence-corrected chi connectivity index (χ1v) is 9.88. The monoisotopic (exact) mass is 383 g/mol. The van der Waals surface area contributed by atoms with E-state index in [2.05, 4.69) is 37.0 Å². The van der Waals surface area contributed by atoms with Gasteiger partial charge in [-0.15, -0.1) is 19.0 Å². The van der Waals surface area contributed by atoms with Crippen LogP contribution in [-0.4, -0.2) is 12.2 Å². The summed E-state index contributed by atoms with van der Waals surface area (Å²) in [5, 5.41) is 14.9. The van der Waals surface area contributed by atoms with Gasteiger partial charge in [0.1, 0.15) is 5.75 Å². The second-order valence-electron chi connectivity index (χ2n) is 7.90. The van der Waals surface area contributed by atoms with Crippen molar-refractivity contribution in [3.05, 3.63) is 76.9 Å². The summed E-state index contributed by atoms with van der Waals surface area (Å²) in [5.41, 5.74) is 6.05. The summed E-state index contributed by atoms with van der Waals surface area (Å²) in [7, 11) is 2.04. The van der Waals surface area contributed by atoms with Crippen LogP contribution in [0.3, 0.4) is 0 Å². The Balaban J connectivity index is 0.00000210. The first-order valence-electron chi connectivity index (χ1n) is 9.88. The number of benzene rings is 2. The van der Waals surface area contributed by atoms with Crippen molar-refractivity contribution in [2.24, 2.45) is 5.92 Å². The molecule has 2 aliphatic carbocycles. The minimum Gasteiger partial charge on any atom is -0.507 e. The fourth-order valence-electron chi connectivity index (χ4n) is 5.51. The van der Waals surface area contributed by atoms with Crippen molar-refractivity contribution in [1.82, 2.24) is 5.32 Å². The van der Waals surface area contributed by atoms with Crippen molar-refractivity contribution in [2.75, 3.05) is 7.05 Å². The zero-order valence-electron chi connectivity index (χ0n) is 16.2. The van der Waals surface area contributed by atoms with E-state index in [0.29, 0.717) is 17.6 Å². The Kier molecular flexibility index (Phi) is 5.98. The van der Waals surface area contributed by atoms with Crippen LogP contribution in [0.2, 0.25) is 0 Å². The zero-order valence-corrected chi connectivity index (χ0v) is 17.1. The number of phenolic OH excluding ortho intramolecular Hbond substituents is 1. The Morgan fingerprint density at radius 2 is 1.85 bits per heavy atom. The quantitative estimate of drug-likeness (QED) is 0.635. The van der Waals surface area contributed by atoms with Crippen LogP contribution in [0.1, 0.15) is 71.4 Å². The molecule has 2 N–H and O–H groups in total. The Morgan fingerprint density at radius 3 is 2.52 bits per heavy atom. The number of aromatic hydroxyl groups is 1. The predicted octanol–water partition coefficient (Wildman–Crippen LogP) is 5.99. The molecule has 144 valence electrons. The zero-order chi connectivity index (χ0) is 18.3. The number of rotatable bonds is 4. The predicted molar refractivity (Wildman–Crippen MR) is 115 cm³/mol. The minimum absolute atomic E-state index is 0. The number of hydrogen-bond acceptors (Lipinski definition) is 2. The number of nitrogens with one attached hydrogen (secondary N) is 1. The van der Waals surface area contributed by atoms with Crippen molar-refractivity contribution < 1.29 is 5.11 Å². The molecule has 0 aromatic heterocycles. The van der Waals surface area contributed by atoms with Gasteiger partial charge in [-0.1, -0.05) is 55.3 Å². The van der Waals surface area contributed by atoms with Crippen LogP contribution in [-0.2, 0) is 0 Å². The van der Waals surface area contributed by atoms with Gasteiger partial charge in [-0.3, -0.25) is 0 Å². The second-order valence-corrected chi connectivity index (χ2v) is 7.90. The molecule has 2 aliphatic rings. The number of halogens is 1. The highest BCUT2D eigenvalue weighted by Crippen LogP contribution is 2.57. The highest BCUT2D eigenvalue weighted by Gasteiger charge is 2.44. The molecular weight excluding hydrogens is 354 g/mol. The van der Waals surface area contributed by atoms with Gasteiger partial charge in [0.2, 0.25) is 0 Å². The molecule has 0 bridgehead atoms. The van der Waals surface area contributed by atoms with Crippen LogP contribution >= 0.6 is 12.4 Å². The van der Waals surface area contributed by atoms with E-state index in [0.717, 1.165) is 11.1 Å². The molecule has 0 amide bonds. The average Bonchev–Trinajstić information content (AvgIpc) is 3.02. The highest BCUT2D eigenvalue weighted by molar-refractivity contribution is 5.85. The van der Waals surface area contributed by atoms with Crippen LogP contribution < -0.4 is 5.32 Å². The molecule has 2 aromatic carbocycles. The van der Waals surface area contributed by atoms with Gasteiger partial charge in [-0.2, -0.15) is 0 Å². The van der Waals surface area contributed by atoms with Crippen LogP contribution in [0.4, 0.5) is 0 Å². The van der Waals surface area contributed by atoms with E-state index >= 15 is 0 Å². The van der Waals surface area contributed by atoms with Crippen molar-refractivity contribution in [2.45, 2.75) is 50.5 Å². The molecule has 0 aliphatic heterocycles.